The monoisotopic (exact) mass is 496 g/mol. The highest BCUT2D eigenvalue weighted by atomic mass is 79.9. The predicted octanol–water partition coefficient (Wildman–Crippen LogP) is 5.74. The quantitative estimate of drug-likeness (QED) is 0.582. The van der Waals surface area contributed by atoms with Crippen LogP contribution in [0.25, 0.3) is 0 Å². The summed E-state index contributed by atoms with van der Waals surface area (Å²) >= 11 is 13.9. The van der Waals surface area contributed by atoms with Crippen LogP contribution in [0, 0.1) is 0 Å². The molecule has 0 saturated carbocycles. The molecule has 2 rings (SSSR count). The second-order valence-corrected chi connectivity index (χ2v) is 7.11. The van der Waals surface area contributed by atoms with Crippen LogP contribution in [0.1, 0.15) is 5.69 Å². The van der Waals surface area contributed by atoms with Crippen molar-refractivity contribution >= 4 is 69.4 Å². The van der Waals surface area contributed by atoms with Crippen molar-refractivity contribution in [3.8, 4) is 0 Å². The van der Waals surface area contributed by atoms with Crippen LogP contribution in [0.15, 0.2) is 48.4 Å². The fourth-order valence-corrected chi connectivity index (χ4v) is 4.17. The van der Waals surface area contributed by atoms with E-state index in [1.54, 1.807) is 6.20 Å². The van der Waals surface area contributed by atoms with Crippen LogP contribution < -0.4 is 5.32 Å². The minimum atomic E-state index is 0.673. The van der Waals surface area contributed by atoms with Crippen molar-refractivity contribution in [1.29, 1.82) is 0 Å². The molecular formula is C12H8Br4N2. The van der Waals surface area contributed by atoms with Crippen LogP contribution >= 0.6 is 63.7 Å². The molecule has 0 aliphatic heterocycles. The van der Waals surface area contributed by atoms with E-state index in [-0.39, 0.29) is 0 Å². The Morgan fingerprint density at radius 1 is 0.944 bits per heavy atom. The van der Waals surface area contributed by atoms with E-state index in [0.717, 1.165) is 29.3 Å². The van der Waals surface area contributed by atoms with Crippen molar-refractivity contribution in [2.24, 2.45) is 0 Å². The Hall–Kier alpha value is 0.0900. The number of pyridine rings is 1. The zero-order valence-electron chi connectivity index (χ0n) is 9.05. The molecule has 0 atom stereocenters. The second-order valence-electron chi connectivity index (χ2n) is 3.57. The number of benzene rings is 1. The van der Waals surface area contributed by atoms with Crippen LogP contribution in [0.4, 0.5) is 5.69 Å². The molecule has 0 unspecified atom stereocenters. The van der Waals surface area contributed by atoms with Crippen LogP contribution in [-0.4, -0.2) is 4.98 Å². The molecule has 0 saturated heterocycles. The molecular weight excluding hydrogens is 492 g/mol. The van der Waals surface area contributed by atoms with Crippen molar-refractivity contribution in [2.45, 2.75) is 6.54 Å². The average molecular weight is 500 g/mol. The van der Waals surface area contributed by atoms with Gasteiger partial charge >= 0.3 is 0 Å². The first-order valence-corrected chi connectivity index (χ1v) is 8.22. The van der Waals surface area contributed by atoms with E-state index < -0.39 is 0 Å². The molecule has 6 heteroatoms. The molecule has 0 radical (unpaired) electrons. The van der Waals surface area contributed by atoms with Gasteiger partial charge in [-0.3, -0.25) is 4.98 Å². The van der Waals surface area contributed by atoms with E-state index in [9.17, 15) is 0 Å². The van der Waals surface area contributed by atoms with Gasteiger partial charge in [-0.2, -0.15) is 0 Å². The van der Waals surface area contributed by atoms with Crippen LogP contribution in [0.2, 0.25) is 0 Å². The maximum atomic E-state index is 4.32. The normalized spacial score (nSPS) is 10.4. The summed E-state index contributed by atoms with van der Waals surface area (Å²) in [5.41, 5.74) is 2.00. The minimum absolute atomic E-state index is 0.673. The Morgan fingerprint density at radius 2 is 1.61 bits per heavy atom. The molecule has 0 amide bonds. The molecule has 2 nitrogen and oxygen atoms in total. The van der Waals surface area contributed by atoms with Crippen molar-refractivity contribution < 1.29 is 0 Å². The molecule has 1 N–H and O–H groups in total. The van der Waals surface area contributed by atoms with Gasteiger partial charge < -0.3 is 5.32 Å². The summed E-state index contributed by atoms with van der Waals surface area (Å²) in [7, 11) is 0. The smallest absolute Gasteiger partial charge is 0.0633 e. The summed E-state index contributed by atoms with van der Waals surface area (Å²) in [5.74, 6) is 0. The maximum Gasteiger partial charge on any atom is 0.0633 e. The Bertz CT molecular complexity index is 531. The summed E-state index contributed by atoms with van der Waals surface area (Å²) in [4.78, 5) is 4.32. The number of hydrogen-bond acceptors (Lipinski definition) is 2. The number of aromatic nitrogens is 1. The SMILES string of the molecule is Brc1ccc(CNc2c(Br)cc(Br)cc2Br)nc1. The summed E-state index contributed by atoms with van der Waals surface area (Å²) in [5, 5.41) is 3.35. The molecule has 1 aromatic heterocycles. The van der Waals surface area contributed by atoms with Gasteiger partial charge in [-0.25, -0.2) is 0 Å². The summed E-state index contributed by atoms with van der Waals surface area (Å²) in [6.07, 6.45) is 1.79. The molecule has 94 valence electrons. The van der Waals surface area contributed by atoms with Crippen LogP contribution in [0.3, 0.4) is 0 Å². The molecule has 0 fully saturated rings. The van der Waals surface area contributed by atoms with Crippen LogP contribution in [0.5, 0.6) is 0 Å². The molecule has 18 heavy (non-hydrogen) atoms. The van der Waals surface area contributed by atoms with Gasteiger partial charge in [0.15, 0.2) is 0 Å². The second kappa shape index (κ2) is 6.50. The molecule has 1 heterocycles. The zero-order valence-corrected chi connectivity index (χ0v) is 15.4. The summed E-state index contributed by atoms with van der Waals surface area (Å²) in [6, 6.07) is 7.97. The van der Waals surface area contributed by atoms with Gasteiger partial charge in [-0.05, 0) is 72.1 Å². The lowest BCUT2D eigenvalue weighted by molar-refractivity contribution is 1.04. The molecule has 0 aliphatic rings. The molecule has 2 aromatic rings. The topological polar surface area (TPSA) is 24.9 Å². The van der Waals surface area contributed by atoms with E-state index in [4.69, 9.17) is 0 Å². The Kier molecular flexibility index (Phi) is 5.24. The standard InChI is InChI=1S/C12H8Br4N2/c13-7-1-2-9(17-5-7)6-18-12-10(15)3-8(14)4-11(12)16/h1-5,18H,6H2. The average Bonchev–Trinajstić information content (AvgIpc) is 2.30. The lowest BCUT2D eigenvalue weighted by atomic mass is 10.3. The third-order valence-electron chi connectivity index (χ3n) is 2.24. The Balaban J connectivity index is 2.13. The van der Waals surface area contributed by atoms with Crippen molar-refractivity contribution in [1.82, 2.24) is 4.98 Å². The third-order valence-corrected chi connectivity index (χ3v) is 4.42. The van der Waals surface area contributed by atoms with Crippen LogP contribution in [-0.2, 0) is 6.54 Å². The van der Waals surface area contributed by atoms with Gasteiger partial charge in [0.1, 0.15) is 0 Å². The third kappa shape index (κ3) is 3.79. The highest BCUT2D eigenvalue weighted by Crippen LogP contribution is 2.34. The maximum absolute atomic E-state index is 4.32. The Labute approximate surface area is 139 Å². The number of rotatable bonds is 3. The highest BCUT2D eigenvalue weighted by molar-refractivity contribution is 9.11. The first-order valence-electron chi connectivity index (χ1n) is 5.05. The fourth-order valence-electron chi connectivity index (χ4n) is 1.40. The van der Waals surface area contributed by atoms with E-state index in [0.29, 0.717) is 6.54 Å². The number of anilines is 1. The first-order chi connectivity index (χ1) is 8.56. The van der Waals surface area contributed by atoms with Gasteiger partial charge in [0.05, 0.1) is 17.9 Å². The van der Waals surface area contributed by atoms with Gasteiger partial charge in [0, 0.05) is 24.1 Å². The predicted molar refractivity (Wildman–Crippen MR) is 88.8 cm³/mol. The Morgan fingerprint density at radius 3 is 2.17 bits per heavy atom. The van der Waals surface area contributed by atoms with Crippen molar-refractivity contribution in [3.63, 3.8) is 0 Å². The van der Waals surface area contributed by atoms with E-state index in [1.165, 1.54) is 0 Å². The highest BCUT2D eigenvalue weighted by Gasteiger charge is 2.06. The van der Waals surface area contributed by atoms with Gasteiger partial charge in [-0.1, -0.05) is 15.9 Å². The van der Waals surface area contributed by atoms with Gasteiger partial charge in [-0.15, -0.1) is 0 Å². The van der Waals surface area contributed by atoms with E-state index in [1.807, 2.05) is 24.3 Å². The molecule has 0 aliphatic carbocycles. The number of nitrogens with one attached hydrogen (secondary N) is 1. The first kappa shape index (κ1) is 14.5. The van der Waals surface area contributed by atoms with E-state index in [2.05, 4.69) is 74.0 Å². The van der Waals surface area contributed by atoms with Crippen molar-refractivity contribution in [2.75, 3.05) is 5.32 Å². The number of nitrogens with zero attached hydrogens (tertiary/aromatic N) is 1. The lowest BCUT2D eigenvalue weighted by Crippen LogP contribution is -2.02. The van der Waals surface area contributed by atoms with Crippen molar-refractivity contribution in [3.05, 3.63) is 54.0 Å². The van der Waals surface area contributed by atoms with E-state index >= 15 is 0 Å². The largest absolute Gasteiger partial charge is 0.378 e. The summed E-state index contributed by atoms with van der Waals surface area (Å²) < 4.78 is 4.01. The van der Waals surface area contributed by atoms with Gasteiger partial charge in [0.25, 0.3) is 0 Å². The number of halogens is 4. The zero-order chi connectivity index (χ0) is 13.1. The minimum Gasteiger partial charge on any atom is -0.378 e. The summed E-state index contributed by atoms with van der Waals surface area (Å²) in [6.45, 7) is 0.673. The molecule has 1 aromatic carbocycles. The number of hydrogen-bond donors (Lipinski definition) is 1. The lowest BCUT2D eigenvalue weighted by Gasteiger charge is -2.11. The molecule has 0 spiro atoms. The van der Waals surface area contributed by atoms with Gasteiger partial charge in [0.2, 0.25) is 0 Å². The molecule has 0 bridgehead atoms. The fraction of sp³-hybridized carbons (Fsp3) is 0.0833.